The van der Waals surface area contributed by atoms with Crippen LogP contribution in [0.15, 0.2) is 12.1 Å². The standard InChI is InChI=1S/C23H35ClN2O5/c1-13(2)31-20-18(24)10-15(21(27)30-7)11-19(20)25-14(3)16-8-9-26(22(28)29)12-17(16)23(4,5)6/h10-11,13-14,16-17,25H,8-9,12H2,1-7H3,(H,28,29). The Kier molecular flexibility index (Phi) is 8.09. The molecule has 2 rings (SSSR count). The maximum Gasteiger partial charge on any atom is 0.407 e. The molecule has 0 aromatic heterocycles. The Labute approximate surface area is 190 Å². The van der Waals surface area contributed by atoms with Gasteiger partial charge in [0.2, 0.25) is 0 Å². The Hall–Kier alpha value is -2.15. The summed E-state index contributed by atoms with van der Waals surface area (Å²) < 4.78 is 10.8. The van der Waals surface area contributed by atoms with E-state index in [4.69, 9.17) is 21.1 Å². The largest absolute Gasteiger partial charge is 0.487 e. The molecule has 0 saturated carbocycles. The number of benzene rings is 1. The molecule has 1 aromatic carbocycles. The van der Waals surface area contributed by atoms with Crippen LogP contribution in [0.25, 0.3) is 0 Å². The molecule has 8 heteroatoms. The second kappa shape index (κ2) is 9.98. The van der Waals surface area contributed by atoms with E-state index >= 15 is 0 Å². The van der Waals surface area contributed by atoms with Crippen LogP contribution in [-0.2, 0) is 4.74 Å². The second-order valence-corrected chi connectivity index (χ2v) is 9.99. The smallest absolute Gasteiger partial charge is 0.407 e. The molecule has 174 valence electrons. The molecule has 7 nitrogen and oxygen atoms in total. The number of rotatable bonds is 6. The second-order valence-electron chi connectivity index (χ2n) is 9.58. The van der Waals surface area contributed by atoms with Crippen molar-refractivity contribution in [2.45, 2.75) is 60.1 Å². The minimum atomic E-state index is -0.876. The molecule has 0 bridgehead atoms. The highest BCUT2D eigenvalue weighted by molar-refractivity contribution is 6.33. The molecule has 0 radical (unpaired) electrons. The number of carbonyl (C=O) groups excluding carboxylic acids is 1. The predicted octanol–water partition coefficient (Wildman–Crippen LogP) is 5.38. The number of ether oxygens (including phenoxy) is 2. The quantitative estimate of drug-likeness (QED) is 0.561. The van der Waals surface area contributed by atoms with Crippen LogP contribution < -0.4 is 10.1 Å². The minimum Gasteiger partial charge on any atom is -0.487 e. The number of anilines is 1. The molecule has 1 heterocycles. The van der Waals surface area contributed by atoms with E-state index in [1.807, 2.05) is 13.8 Å². The number of methoxy groups -OCH3 is 1. The van der Waals surface area contributed by atoms with Crippen LogP contribution in [0.2, 0.25) is 5.02 Å². The number of carboxylic acid groups (broad SMARTS) is 1. The van der Waals surface area contributed by atoms with Crippen molar-refractivity contribution in [3.05, 3.63) is 22.7 Å². The Balaban J connectivity index is 2.37. The molecule has 1 fully saturated rings. The fraction of sp³-hybridized carbons (Fsp3) is 0.652. The molecule has 3 unspecified atom stereocenters. The molecule has 1 amide bonds. The molecular formula is C23H35ClN2O5. The molecule has 1 aliphatic rings. The number of hydrogen-bond acceptors (Lipinski definition) is 5. The highest BCUT2D eigenvalue weighted by atomic mass is 35.5. The highest BCUT2D eigenvalue weighted by Gasteiger charge is 2.41. The number of nitrogens with zero attached hydrogens (tertiary/aromatic N) is 1. The van der Waals surface area contributed by atoms with Gasteiger partial charge in [-0.3, -0.25) is 0 Å². The summed E-state index contributed by atoms with van der Waals surface area (Å²) >= 11 is 6.46. The minimum absolute atomic E-state index is 0.00125. The summed E-state index contributed by atoms with van der Waals surface area (Å²) in [4.78, 5) is 25.2. The fourth-order valence-electron chi connectivity index (χ4n) is 4.30. The van der Waals surface area contributed by atoms with Crippen molar-refractivity contribution in [3.8, 4) is 5.75 Å². The van der Waals surface area contributed by atoms with Gasteiger partial charge in [-0.05, 0) is 56.6 Å². The zero-order chi connectivity index (χ0) is 23.5. The van der Waals surface area contributed by atoms with Crippen molar-refractivity contribution < 1.29 is 24.2 Å². The van der Waals surface area contributed by atoms with Gasteiger partial charge in [-0.25, -0.2) is 9.59 Å². The van der Waals surface area contributed by atoms with Crippen molar-refractivity contribution in [3.63, 3.8) is 0 Å². The zero-order valence-corrected chi connectivity index (χ0v) is 20.2. The number of hydrogen-bond donors (Lipinski definition) is 2. The Morgan fingerprint density at radius 3 is 2.42 bits per heavy atom. The zero-order valence-electron chi connectivity index (χ0n) is 19.5. The third-order valence-electron chi connectivity index (χ3n) is 5.89. The molecule has 1 aliphatic heterocycles. The molecule has 3 atom stereocenters. The van der Waals surface area contributed by atoms with Crippen molar-refractivity contribution in [1.29, 1.82) is 0 Å². The van der Waals surface area contributed by atoms with Gasteiger partial charge in [0.25, 0.3) is 0 Å². The molecule has 0 aliphatic carbocycles. The van der Waals surface area contributed by atoms with E-state index in [1.165, 1.54) is 12.0 Å². The van der Waals surface area contributed by atoms with E-state index in [1.54, 1.807) is 12.1 Å². The van der Waals surface area contributed by atoms with Crippen LogP contribution in [0.5, 0.6) is 5.75 Å². The maximum atomic E-state index is 12.1. The van der Waals surface area contributed by atoms with Crippen molar-refractivity contribution >= 4 is 29.4 Å². The normalized spacial score (nSPS) is 20.4. The van der Waals surface area contributed by atoms with E-state index < -0.39 is 12.1 Å². The summed E-state index contributed by atoms with van der Waals surface area (Å²) in [6, 6.07) is 3.24. The molecular weight excluding hydrogens is 420 g/mol. The predicted molar refractivity (Wildman–Crippen MR) is 122 cm³/mol. The van der Waals surface area contributed by atoms with Gasteiger partial charge in [-0.15, -0.1) is 0 Å². The van der Waals surface area contributed by atoms with Crippen LogP contribution in [0.1, 0.15) is 58.3 Å². The number of piperidine rings is 1. The first-order valence-corrected chi connectivity index (χ1v) is 11.1. The first-order valence-electron chi connectivity index (χ1n) is 10.7. The fourth-order valence-corrected chi connectivity index (χ4v) is 4.57. The third kappa shape index (κ3) is 6.19. The number of esters is 1. The summed E-state index contributed by atoms with van der Waals surface area (Å²) in [5, 5.41) is 13.3. The number of halogens is 1. The molecule has 2 N–H and O–H groups in total. The van der Waals surface area contributed by atoms with Gasteiger partial charge in [-0.1, -0.05) is 32.4 Å². The van der Waals surface area contributed by atoms with Crippen LogP contribution in [0.4, 0.5) is 10.5 Å². The van der Waals surface area contributed by atoms with E-state index in [9.17, 15) is 14.7 Å². The number of likely N-dealkylation sites (tertiary alicyclic amines) is 1. The Bertz CT molecular complexity index is 806. The van der Waals surface area contributed by atoms with Gasteiger partial charge >= 0.3 is 12.1 Å². The van der Waals surface area contributed by atoms with Gasteiger partial charge in [0.1, 0.15) is 0 Å². The van der Waals surface area contributed by atoms with Crippen molar-refractivity contribution in [2.75, 3.05) is 25.5 Å². The lowest BCUT2D eigenvalue weighted by atomic mass is 9.67. The first-order chi connectivity index (χ1) is 14.3. The van der Waals surface area contributed by atoms with Gasteiger partial charge in [-0.2, -0.15) is 0 Å². The van der Waals surface area contributed by atoms with E-state index in [2.05, 4.69) is 33.0 Å². The monoisotopic (exact) mass is 454 g/mol. The maximum absolute atomic E-state index is 12.1. The van der Waals surface area contributed by atoms with Crippen LogP contribution in [0, 0.1) is 17.3 Å². The van der Waals surface area contributed by atoms with E-state index in [0.717, 1.165) is 6.42 Å². The Morgan fingerprint density at radius 2 is 1.90 bits per heavy atom. The first kappa shape index (κ1) is 25.1. The van der Waals surface area contributed by atoms with Crippen LogP contribution in [-0.4, -0.2) is 54.4 Å². The van der Waals surface area contributed by atoms with E-state index in [0.29, 0.717) is 35.1 Å². The lowest BCUT2D eigenvalue weighted by Crippen LogP contribution is -2.51. The molecule has 31 heavy (non-hydrogen) atoms. The summed E-state index contributed by atoms with van der Waals surface area (Å²) in [7, 11) is 1.33. The van der Waals surface area contributed by atoms with Gasteiger partial charge < -0.3 is 24.8 Å². The number of carbonyl (C=O) groups is 2. The summed E-state index contributed by atoms with van der Waals surface area (Å²) in [6.45, 7) is 13.3. The van der Waals surface area contributed by atoms with Gasteiger partial charge in [0.05, 0.1) is 29.5 Å². The molecule has 1 saturated heterocycles. The molecule has 0 spiro atoms. The topological polar surface area (TPSA) is 88.1 Å². The van der Waals surface area contributed by atoms with Crippen molar-refractivity contribution in [2.24, 2.45) is 17.3 Å². The van der Waals surface area contributed by atoms with Gasteiger partial charge in [0, 0.05) is 19.1 Å². The van der Waals surface area contributed by atoms with Crippen LogP contribution >= 0.6 is 11.6 Å². The van der Waals surface area contributed by atoms with E-state index in [-0.39, 0.29) is 29.4 Å². The third-order valence-corrected chi connectivity index (χ3v) is 6.17. The van der Waals surface area contributed by atoms with Gasteiger partial charge in [0.15, 0.2) is 5.75 Å². The number of nitrogens with one attached hydrogen (secondary N) is 1. The average molecular weight is 455 g/mol. The lowest BCUT2D eigenvalue weighted by molar-refractivity contribution is 0.0407. The Morgan fingerprint density at radius 1 is 1.26 bits per heavy atom. The summed E-state index contributed by atoms with van der Waals surface area (Å²) in [6.07, 6.45) is -0.232. The lowest BCUT2D eigenvalue weighted by Gasteiger charge is -2.46. The van der Waals surface area contributed by atoms with Crippen LogP contribution in [0.3, 0.4) is 0 Å². The summed E-state index contributed by atoms with van der Waals surface area (Å²) in [5.41, 5.74) is 0.895. The van der Waals surface area contributed by atoms with Crippen molar-refractivity contribution in [1.82, 2.24) is 4.90 Å². The highest BCUT2D eigenvalue weighted by Crippen LogP contribution is 2.42. The molecule has 1 aromatic rings. The average Bonchev–Trinajstić information content (AvgIpc) is 2.68. The summed E-state index contributed by atoms with van der Waals surface area (Å²) in [5.74, 6) is 0.402. The SMILES string of the molecule is COC(=O)c1cc(Cl)c(OC(C)C)c(NC(C)C2CCN(C(=O)O)CC2C(C)(C)C)c1. The number of amides is 1.